The second-order valence-electron chi connectivity index (χ2n) is 4.06. The Morgan fingerprint density at radius 1 is 1.12 bits per heavy atom. The number of H-pyrrole nitrogens is 1. The van der Waals surface area contributed by atoms with Crippen LogP contribution in [0.2, 0.25) is 0 Å². The number of aliphatic imine (C=N–C) groups is 2. The molecule has 3 rings (SSSR count). The molecule has 1 aromatic heterocycles. The van der Waals surface area contributed by atoms with Crippen molar-refractivity contribution < 1.29 is 0 Å². The van der Waals surface area contributed by atoms with Gasteiger partial charge >= 0.3 is 0 Å². The van der Waals surface area contributed by atoms with Crippen LogP contribution in [0.15, 0.2) is 52.6 Å². The van der Waals surface area contributed by atoms with Crippen molar-refractivity contribution in [1.82, 2.24) is 4.98 Å². The first-order chi connectivity index (χ1) is 8.34. The van der Waals surface area contributed by atoms with E-state index >= 15 is 0 Å². The molecule has 84 valence electrons. The van der Waals surface area contributed by atoms with Gasteiger partial charge in [0, 0.05) is 11.8 Å². The van der Waals surface area contributed by atoms with E-state index in [9.17, 15) is 0 Å². The summed E-state index contributed by atoms with van der Waals surface area (Å²) in [7, 11) is 0. The first-order valence-corrected chi connectivity index (χ1v) is 5.69. The van der Waals surface area contributed by atoms with Crippen molar-refractivity contribution in [3.05, 3.63) is 48.3 Å². The summed E-state index contributed by atoms with van der Waals surface area (Å²) in [5, 5.41) is 0. The van der Waals surface area contributed by atoms with Crippen LogP contribution in [0.5, 0.6) is 0 Å². The van der Waals surface area contributed by atoms with Crippen molar-refractivity contribution >= 4 is 11.9 Å². The molecule has 2 aromatic rings. The Bertz CT molecular complexity index is 579. The molecule has 1 atom stereocenters. The fraction of sp³-hybridized carbons (Fsp3) is 0.143. The number of aromatic nitrogens is 1. The van der Waals surface area contributed by atoms with Crippen LogP contribution in [0.25, 0.3) is 11.1 Å². The first-order valence-electron chi connectivity index (χ1n) is 5.69. The summed E-state index contributed by atoms with van der Waals surface area (Å²) >= 11 is 0. The van der Waals surface area contributed by atoms with Crippen LogP contribution >= 0.6 is 0 Å². The Balaban J connectivity index is 2.07. The van der Waals surface area contributed by atoms with E-state index in [-0.39, 0.29) is 6.17 Å². The maximum Gasteiger partial charge on any atom is 0.137 e. The Morgan fingerprint density at radius 3 is 2.65 bits per heavy atom. The average molecular weight is 223 g/mol. The number of nitrogens with zero attached hydrogens (tertiary/aromatic N) is 2. The van der Waals surface area contributed by atoms with E-state index in [1.54, 1.807) is 0 Å². The van der Waals surface area contributed by atoms with Crippen LogP contribution in [0.4, 0.5) is 0 Å². The van der Waals surface area contributed by atoms with Gasteiger partial charge in [-0.05, 0) is 18.6 Å². The number of aromatic amines is 1. The average Bonchev–Trinajstić information content (AvgIpc) is 2.98. The monoisotopic (exact) mass is 223 g/mol. The smallest absolute Gasteiger partial charge is 0.137 e. The maximum atomic E-state index is 4.48. The first kappa shape index (κ1) is 10.0. The van der Waals surface area contributed by atoms with Gasteiger partial charge in [0.2, 0.25) is 0 Å². The van der Waals surface area contributed by atoms with Crippen molar-refractivity contribution in [3.8, 4) is 11.1 Å². The molecule has 1 aliphatic heterocycles. The largest absolute Gasteiger partial charge is 0.359 e. The molecule has 0 saturated heterocycles. The molecule has 0 saturated carbocycles. The van der Waals surface area contributed by atoms with Crippen LogP contribution in [0, 0.1) is 0 Å². The van der Waals surface area contributed by atoms with Gasteiger partial charge in [-0.15, -0.1) is 0 Å². The van der Waals surface area contributed by atoms with E-state index in [0.29, 0.717) is 0 Å². The molecule has 1 unspecified atom stereocenters. The molecule has 0 amide bonds. The minimum Gasteiger partial charge on any atom is -0.359 e. The third-order valence-electron chi connectivity index (χ3n) is 2.83. The highest BCUT2D eigenvalue weighted by Gasteiger charge is 2.14. The highest BCUT2D eigenvalue weighted by atomic mass is 15.0. The predicted molar refractivity (Wildman–Crippen MR) is 70.7 cm³/mol. The Hall–Kier alpha value is -2.16. The summed E-state index contributed by atoms with van der Waals surface area (Å²) in [5.74, 6) is 0. The molecule has 17 heavy (non-hydrogen) atoms. The Kier molecular flexibility index (Phi) is 2.37. The van der Waals surface area contributed by atoms with Gasteiger partial charge in [-0.25, -0.2) is 0 Å². The quantitative estimate of drug-likeness (QED) is 0.813. The van der Waals surface area contributed by atoms with Crippen molar-refractivity contribution in [2.24, 2.45) is 9.98 Å². The summed E-state index contributed by atoms with van der Waals surface area (Å²) in [6.45, 7) is 1.98. The summed E-state index contributed by atoms with van der Waals surface area (Å²) in [5.41, 5.74) is 4.34. The molecule has 0 spiro atoms. The van der Waals surface area contributed by atoms with Gasteiger partial charge in [-0.3, -0.25) is 9.98 Å². The van der Waals surface area contributed by atoms with E-state index in [0.717, 1.165) is 11.4 Å². The van der Waals surface area contributed by atoms with Crippen molar-refractivity contribution in [1.29, 1.82) is 0 Å². The van der Waals surface area contributed by atoms with Crippen LogP contribution in [-0.4, -0.2) is 23.1 Å². The minimum atomic E-state index is 0.0388. The number of benzene rings is 1. The summed E-state index contributed by atoms with van der Waals surface area (Å²) < 4.78 is 0. The predicted octanol–water partition coefficient (Wildman–Crippen LogP) is 2.90. The zero-order chi connectivity index (χ0) is 11.7. The van der Waals surface area contributed by atoms with Crippen LogP contribution < -0.4 is 0 Å². The minimum absolute atomic E-state index is 0.0388. The number of hydrogen-bond acceptors (Lipinski definition) is 2. The molecule has 1 N–H and O–H groups in total. The topological polar surface area (TPSA) is 40.5 Å². The van der Waals surface area contributed by atoms with Crippen molar-refractivity contribution in [2.75, 3.05) is 0 Å². The maximum absolute atomic E-state index is 4.48. The van der Waals surface area contributed by atoms with E-state index in [1.165, 1.54) is 11.1 Å². The van der Waals surface area contributed by atoms with E-state index in [2.05, 4.69) is 33.2 Å². The van der Waals surface area contributed by atoms with Crippen molar-refractivity contribution in [2.45, 2.75) is 13.1 Å². The molecular formula is C14H13N3. The third kappa shape index (κ3) is 1.80. The Labute approximate surface area is 99.9 Å². The molecule has 1 aromatic carbocycles. The van der Waals surface area contributed by atoms with Crippen LogP contribution in [0.3, 0.4) is 0 Å². The van der Waals surface area contributed by atoms with E-state index < -0.39 is 0 Å². The van der Waals surface area contributed by atoms with Crippen LogP contribution in [-0.2, 0) is 0 Å². The third-order valence-corrected chi connectivity index (χ3v) is 2.83. The lowest BCUT2D eigenvalue weighted by Crippen LogP contribution is -2.01. The standard InChI is InChI=1S/C14H13N3/c1-10-16-9-13(17-10)14-12(7-8-15-14)11-5-3-2-4-6-11/h2-10,15H,1H3. The van der Waals surface area contributed by atoms with Crippen molar-refractivity contribution in [3.63, 3.8) is 0 Å². The normalized spacial score (nSPS) is 18.4. The van der Waals surface area contributed by atoms with Gasteiger partial charge in [0.25, 0.3) is 0 Å². The molecule has 2 heterocycles. The molecule has 0 fully saturated rings. The molecular weight excluding hydrogens is 210 g/mol. The lowest BCUT2D eigenvalue weighted by atomic mass is 10.0. The molecule has 3 nitrogen and oxygen atoms in total. The van der Waals surface area contributed by atoms with Gasteiger partial charge in [0.05, 0.1) is 11.9 Å². The van der Waals surface area contributed by atoms with Gasteiger partial charge < -0.3 is 4.98 Å². The van der Waals surface area contributed by atoms with Gasteiger partial charge in [0.15, 0.2) is 0 Å². The van der Waals surface area contributed by atoms with Gasteiger partial charge in [-0.1, -0.05) is 30.3 Å². The lowest BCUT2D eigenvalue weighted by molar-refractivity contribution is 0.816. The number of hydrogen-bond donors (Lipinski definition) is 1. The molecule has 3 heteroatoms. The second-order valence-corrected chi connectivity index (χ2v) is 4.06. The van der Waals surface area contributed by atoms with Gasteiger partial charge in [-0.2, -0.15) is 0 Å². The van der Waals surface area contributed by atoms with E-state index in [1.807, 2.05) is 37.5 Å². The van der Waals surface area contributed by atoms with Crippen LogP contribution in [0.1, 0.15) is 12.6 Å². The zero-order valence-electron chi connectivity index (χ0n) is 9.59. The zero-order valence-corrected chi connectivity index (χ0v) is 9.59. The molecule has 0 radical (unpaired) electrons. The molecule has 0 aliphatic carbocycles. The summed E-state index contributed by atoms with van der Waals surface area (Å²) in [4.78, 5) is 12.0. The fourth-order valence-electron chi connectivity index (χ4n) is 2.02. The van der Waals surface area contributed by atoms with E-state index in [4.69, 9.17) is 0 Å². The number of rotatable bonds is 2. The SMILES string of the molecule is CC1N=CC(c2[nH]ccc2-c2ccccc2)=N1. The highest BCUT2D eigenvalue weighted by Crippen LogP contribution is 2.24. The summed E-state index contributed by atoms with van der Waals surface area (Å²) in [6.07, 6.45) is 3.82. The molecule has 1 aliphatic rings. The summed E-state index contributed by atoms with van der Waals surface area (Å²) in [6, 6.07) is 12.4. The van der Waals surface area contributed by atoms with Gasteiger partial charge in [0.1, 0.15) is 11.9 Å². The number of nitrogens with one attached hydrogen (secondary N) is 1. The molecule has 0 bridgehead atoms. The fourth-order valence-corrected chi connectivity index (χ4v) is 2.02. The Morgan fingerprint density at radius 2 is 1.94 bits per heavy atom. The lowest BCUT2D eigenvalue weighted by Gasteiger charge is -2.02. The highest BCUT2D eigenvalue weighted by molar-refractivity contribution is 6.40. The second kappa shape index (κ2) is 4.01.